The Morgan fingerprint density at radius 3 is 2.07 bits per heavy atom. The van der Waals surface area contributed by atoms with Crippen molar-refractivity contribution in [1.29, 1.82) is 0 Å². The van der Waals surface area contributed by atoms with Crippen molar-refractivity contribution < 1.29 is 22.8 Å². The first kappa shape index (κ1) is 36.8. The maximum absolute atomic E-state index is 13.7. The molecule has 0 bridgehead atoms. The van der Waals surface area contributed by atoms with Crippen LogP contribution in [0.2, 0.25) is 0 Å². The number of nitrogens with zero attached hydrogens (tertiary/aromatic N) is 5. The number of nitrogens with one attached hydrogen (secondary N) is 2. The van der Waals surface area contributed by atoms with Gasteiger partial charge in [-0.15, -0.1) is 10.2 Å². The molecule has 12 heteroatoms. The van der Waals surface area contributed by atoms with Crippen LogP contribution < -0.4 is 10.6 Å². The Kier molecular flexibility index (Phi) is 14.2. The van der Waals surface area contributed by atoms with Crippen LogP contribution in [-0.2, 0) is 6.18 Å². The minimum absolute atomic E-state index is 0.0260. The molecule has 0 saturated heterocycles. The van der Waals surface area contributed by atoms with Gasteiger partial charge in [-0.05, 0) is 59.7 Å². The summed E-state index contributed by atoms with van der Waals surface area (Å²) < 4.78 is 41.9. The average molecular weight is 634 g/mol. The van der Waals surface area contributed by atoms with Crippen molar-refractivity contribution in [2.75, 3.05) is 12.4 Å². The van der Waals surface area contributed by atoms with E-state index in [-0.39, 0.29) is 28.8 Å². The van der Waals surface area contributed by atoms with E-state index in [0.29, 0.717) is 26.9 Å². The van der Waals surface area contributed by atoms with Crippen molar-refractivity contribution in [3.05, 3.63) is 108 Å². The van der Waals surface area contributed by atoms with Gasteiger partial charge in [0.05, 0.1) is 5.69 Å². The number of alkyl halides is 3. The molecule has 242 valence electrons. The summed E-state index contributed by atoms with van der Waals surface area (Å²) in [4.78, 5) is 29.1. The fourth-order valence-electron chi connectivity index (χ4n) is 4.00. The SMILES string of the molecule is CC.CC.CC.CNC(=O)c1ccccc1-c1cccc(C(=O)Nc2ccc(-n3nc(-c4cccnc4)cc3C(F)(F)F)nn2)c1. The van der Waals surface area contributed by atoms with E-state index in [0.717, 1.165) is 6.07 Å². The molecule has 0 saturated carbocycles. The van der Waals surface area contributed by atoms with Crippen LogP contribution in [0.1, 0.15) is 68.0 Å². The third kappa shape index (κ3) is 9.07. The van der Waals surface area contributed by atoms with E-state index < -0.39 is 17.8 Å². The second-order valence-corrected chi connectivity index (χ2v) is 8.50. The minimum Gasteiger partial charge on any atom is -0.355 e. The third-order valence-electron chi connectivity index (χ3n) is 5.90. The highest BCUT2D eigenvalue weighted by Crippen LogP contribution is 2.33. The number of benzene rings is 2. The summed E-state index contributed by atoms with van der Waals surface area (Å²) >= 11 is 0. The molecule has 0 unspecified atom stereocenters. The summed E-state index contributed by atoms with van der Waals surface area (Å²) in [5.74, 6) is -0.944. The zero-order valence-corrected chi connectivity index (χ0v) is 26.8. The lowest BCUT2D eigenvalue weighted by Gasteiger charge is -2.11. The van der Waals surface area contributed by atoms with Gasteiger partial charge in [-0.25, -0.2) is 4.68 Å². The summed E-state index contributed by atoms with van der Waals surface area (Å²) in [7, 11) is 1.53. The molecule has 0 aliphatic rings. The Bertz CT molecular complexity index is 1690. The van der Waals surface area contributed by atoms with E-state index in [1.807, 2.05) is 41.5 Å². The van der Waals surface area contributed by atoms with Crippen LogP contribution in [0.4, 0.5) is 19.0 Å². The molecule has 2 amide bonds. The highest BCUT2D eigenvalue weighted by Gasteiger charge is 2.37. The Morgan fingerprint density at radius 1 is 0.761 bits per heavy atom. The topological polar surface area (TPSA) is 115 Å². The molecule has 2 aromatic carbocycles. The Labute approximate surface area is 266 Å². The van der Waals surface area contributed by atoms with Gasteiger partial charge >= 0.3 is 6.18 Å². The molecule has 46 heavy (non-hydrogen) atoms. The lowest BCUT2D eigenvalue weighted by atomic mass is 9.97. The maximum Gasteiger partial charge on any atom is 0.433 e. The van der Waals surface area contributed by atoms with E-state index >= 15 is 0 Å². The van der Waals surface area contributed by atoms with Gasteiger partial charge in [0.1, 0.15) is 0 Å². The van der Waals surface area contributed by atoms with Crippen molar-refractivity contribution >= 4 is 17.6 Å². The monoisotopic (exact) mass is 633 g/mol. The Balaban J connectivity index is 0.00000116. The number of hydrogen-bond donors (Lipinski definition) is 2. The van der Waals surface area contributed by atoms with Crippen LogP contribution in [0.3, 0.4) is 0 Å². The van der Waals surface area contributed by atoms with Crippen LogP contribution in [0, 0.1) is 0 Å². The number of carbonyl (C=O) groups is 2. The summed E-state index contributed by atoms with van der Waals surface area (Å²) in [6.07, 6.45) is -1.80. The molecular formula is C34H38F3N7O2. The van der Waals surface area contributed by atoms with Gasteiger partial charge in [0.25, 0.3) is 11.8 Å². The van der Waals surface area contributed by atoms with E-state index in [2.05, 4.69) is 30.9 Å². The number of carbonyl (C=O) groups excluding carboxylic acids is 2. The van der Waals surface area contributed by atoms with Crippen molar-refractivity contribution in [3.8, 4) is 28.2 Å². The number of amides is 2. The van der Waals surface area contributed by atoms with Crippen LogP contribution in [0.15, 0.2) is 91.3 Å². The molecule has 0 radical (unpaired) electrons. The van der Waals surface area contributed by atoms with Gasteiger partial charge in [0.2, 0.25) is 0 Å². The summed E-state index contributed by atoms with van der Waals surface area (Å²) in [6, 6.07) is 20.3. The van der Waals surface area contributed by atoms with Gasteiger partial charge in [0, 0.05) is 36.1 Å². The lowest BCUT2D eigenvalue weighted by Crippen LogP contribution is -2.18. The highest BCUT2D eigenvalue weighted by molar-refractivity contribution is 6.05. The molecule has 0 aliphatic heterocycles. The van der Waals surface area contributed by atoms with E-state index in [1.165, 1.54) is 31.6 Å². The van der Waals surface area contributed by atoms with Crippen LogP contribution in [0.5, 0.6) is 0 Å². The van der Waals surface area contributed by atoms with Crippen molar-refractivity contribution in [2.24, 2.45) is 0 Å². The summed E-state index contributed by atoms with van der Waals surface area (Å²) in [5.41, 5.74) is 1.46. The first-order valence-corrected chi connectivity index (χ1v) is 14.9. The molecule has 0 atom stereocenters. The summed E-state index contributed by atoms with van der Waals surface area (Å²) in [5, 5.41) is 17.0. The van der Waals surface area contributed by atoms with E-state index in [1.54, 1.807) is 60.7 Å². The molecule has 2 N–H and O–H groups in total. The van der Waals surface area contributed by atoms with Gasteiger partial charge in [0.15, 0.2) is 17.3 Å². The quantitative estimate of drug-likeness (QED) is 0.195. The normalized spacial score (nSPS) is 10.1. The van der Waals surface area contributed by atoms with Crippen molar-refractivity contribution in [3.63, 3.8) is 0 Å². The fraction of sp³-hybridized carbons (Fsp3) is 0.235. The fourth-order valence-corrected chi connectivity index (χ4v) is 4.00. The van der Waals surface area contributed by atoms with Crippen LogP contribution in [0.25, 0.3) is 28.2 Å². The van der Waals surface area contributed by atoms with Gasteiger partial charge in [-0.1, -0.05) is 71.9 Å². The van der Waals surface area contributed by atoms with Crippen LogP contribution in [-0.4, -0.2) is 43.8 Å². The molecule has 9 nitrogen and oxygen atoms in total. The minimum atomic E-state index is -4.70. The Hall–Kier alpha value is -5.39. The molecule has 5 aromatic rings. The van der Waals surface area contributed by atoms with Gasteiger partial charge < -0.3 is 10.6 Å². The Morgan fingerprint density at radius 2 is 1.46 bits per heavy atom. The first-order valence-electron chi connectivity index (χ1n) is 14.9. The maximum atomic E-state index is 13.7. The zero-order chi connectivity index (χ0) is 34.3. The number of aromatic nitrogens is 5. The van der Waals surface area contributed by atoms with Crippen molar-refractivity contribution in [2.45, 2.75) is 47.7 Å². The number of hydrogen-bond acceptors (Lipinski definition) is 6. The molecule has 0 spiro atoms. The largest absolute Gasteiger partial charge is 0.433 e. The molecule has 3 aromatic heterocycles. The summed E-state index contributed by atoms with van der Waals surface area (Å²) in [6.45, 7) is 12.0. The molecule has 3 heterocycles. The zero-order valence-electron chi connectivity index (χ0n) is 26.8. The molecule has 5 rings (SSSR count). The van der Waals surface area contributed by atoms with Crippen LogP contribution >= 0.6 is 0 Å². The number of halogens is 3. The second kappa shape index (κ2) is 17.8. The first-order chi connectivity index (χ1) is 22.2. The second-order valence-electron chi connectivity index (χ2n) is 8.50. The number of rotatable bonds is 6. The molecule has 0 fully saturated rings. The van der Waals surface area contributed by atoms with Crippen molar-refractivity contribution in [1.82, 2.24) is 30.3 Å². The van der Waals surface area contributed by atoms with Gasteiger partial charge in [-0.3, -0.25) is 14.6 Å². The molecule has 0 aliphatic carbocycles. The predicted octanol–water partition coefficient (Wildman–Crippen LogP) is 8.10. The highest BCUT2D eigenvalue weighted by atomic mass is 19.4. The number of pyridine rings is 1. The smallest absolute Gasteiger partial charge is 0.355 e. The van der Waals surface area contributed by atoms with E-state index in [9.17, 15) is 22.8 Å². The lowest BCUT2D eigenvalue weighted by molar-refractivity contribution is -0.142. The standard InChI is InChI=1S/C28H20F3N7O2.3C2H6/c1-32-27(40)21-10-3-2-9-20(21)17-6-4-7-18(14-17)26(39)34-24-11-12-25(36-35-24)38-23(28(29,30)31)15-22(37-38)19-8-5-13-33-16-19;3*1-2/h2-16H,1H3,(H,32,40)(H,34,35,39);3*1-2H3. The molecular weight excluding hydrogens is 595 g/mol. The average Bonchev–Trinajstić information content (AvgIpc) is 3.58. The third-order valence-corrected chi connectivity index (χ3v) is 5.90. The van der Waals surface area contributed by atoms with Gasteiger partial charge in [-0.2, -0.15) is 18.3 Å². The van der Waals surface area contributed by atoms with E-state index in [4.69, 9.17) is 0 Å². The number of anilines is 1. The predicted molar refractivity (Wildman–Crippen MR) is 175 cm³/mol.